The van der Waals surface area contributed by atoms with Crippen molar-refractivity contribution in [2.45, 2.75) is 32.6 Å². The lowest BCUT2D eigenvalue weighted by molar-refractivity contribution is 0.606. The number of aryl methyl sites for hydroxylation is 1. The Morgan fingerprint density at radius 1 is 1.32 bits per heavy atom. The van der Waals surface area contributed by atoms with E-state index in [-0.39, 0.29) is 0 Å². The molecule has 0 spiro atoms. The van der Waals surface area contributed by atoms with Crippen LogP contribution in [0.2, 0.25) is 5.02 Å². The van der Waals surface area contributed by atoms with Crippen LogP contribution in [0.5, 0.6) is 0 Å². The minimum atomic E-state index is 0.428. The summed E-state index contributed by atoms with van der Waals surface area (Å²) in [6, 6.07) is 7.79. The minimum absolute atomic E-state index is 0.428. The normalized spacial score (nSPS) is 11.2. The Morgan fingerprint density at radius 2 is 2.00 bits per heavy atom. The molecule has 4 heteroatoms. The van der Waals surface area contributed by atoms with Crippen LogP contribution in [0.15, 0.2) is 24.3 Å². The second-order valence-electron chi connectivity index (χ2n) is 4.79. The summed E-state index contributed by atoms with van der Waals surface area (Å²) in [4.78, 5) is 0. The van der Waals surface area contributed by atoms with E-state index in [1.165, 1.54) is 0 Å². The van der Waals surface area contributed by atoms with Crippen molar-refractivity contribution in [3.63, 3.8) is 0 Å². The summed E-state index contributed by atoms with van der Waals surface area (Å²) in [6.07, 6.45) is 2.11. The van der Waals surface area contributed by atoms with Gasteiger partial charge in [0, 0.05) is 23.6 Å². The Balaban J connectivity index is 2.61. The minimum Gasteiger partial charge on any atom is -0.383 e. The van der Waals surface area contributed by atoms with E-state index < -0.39 is 0 Å². The van der Waals surface area contributed by atoms with Gasteiger partial charge < -0.3 is 5.73 Å². The fourth-order valence-corrected chi connectivity index (χ4v) is 2.65. The lowest BCUT2D eigenvalue weighted by atomic mass is 9.93. The largest absolute Gasteiger partial charge is 0.383 e. The maximum Gasteiger partial charge on any atom is 0.129 e. The van der Waals surface area contributed by atoms with Crippen LogP contribution in [-0.2, 0) is 7.05 Å². The van der Waals surface area contributed by atoms with E-state index in [9.17, 15) is 0 Å². The lowest BCUT2D eigenvalue weighted by Crippen LogP contribution is -1.99. The molecule has 2 N–H and O–H groups in total. The van der Waals surface area contributed by atoms with E-state index in [0.717, 1.165) is 34.7 Å². The van der Waals surface area contributed by atoms with Gasteiger partial charge >= 0.3 is 0 Å². The van der Waals surface area contributed by atoms with E-state index >= 15 is 0 Å². The van der Waals surface area contributed by atoms with Gasteiger partial charge in [-0.05, 0) is 30.5 Å². The summed E-state index contributed by atoms with van der Waals surface area (Å²) in [5.74, 6) is 1.13. The van der Waals surface area contributed by atoms with Crippen LogP contribution in [0.25, 0.3) is 11.1 Å². The van der Waals surface area contributed by atoms with Crippen LogP contribution in [0, 0.1) is 0 Å². The summed E-state index contributed by atoms with van der Waals surface area (Å²) in [7, 11) is 1.88. The number of aromatic nitrogens is 2. The molecule has 1 aromatic heterocycles. The molecule has 1 heterocycles. The molecule has 0 amide bonds. The van der Waals surface area contributed by atoms with E-state index in [1.807, 2.05) is 31.3 Å². The fourth-order valence-electron chi connectivity index (χ4n) is 2.46. The molecule has 0 aliphatic heterocycles. The standard InChI is InChI=1S/C15H20ClN3/c1-4-10(5-2)14-13(15(17)19(3)18-14)11-7-6-8-12(16)9-11/h6-10H,4-5,17H2,1-3H3. The van der Waals surface area contributed by atoms with Gasteiger partial charge in [-0.3, -0.25) is 4.68 Å². The molecule has 1 aromatic carbocycles. The molecule has 0 atom stereocenters. The van der Waals surface area contributed by atoms with Crippen LogP contribution in [0.1, 0.15) is 38.3 Å². The van der Waals surface area contributed by atoms with Gasteiger partial charge in [0.25, 0.3) is 0 Å². The first-order valence-corrected chi connectivity index (χ1v) is 7.04. The van der Waals surface area contributed by atoms with Gasteiger partial charge in [0.15, 0.2) is 0 Å². The van der Waals surface area contributed by atoms with Crippen molar-refractivity contribution in [2.24, 2.45) is 7.05 Å². The van der Waals surface area contributed by atoms with E-state index in [0.29, 0.717) is 11.7 Å². The molecule has 0 saturated carbocycles. The number of benzene rings is 1. The van der Waals surface area contributed by atoms with E-state index in [2.05, 4.69) is 18.9 Å². The van der Waals surface area contributed by atoms with Crippen molar-refractivity contribution in [1.29, 1.82) is 0 Å². The van der Waals surface area contributed by atoms with Gasteiger partial charge in [-0.15, -0.1) is 0 Å². The summed E-state index contributed by atoms with van der Waals surface area (Å²) in [5, 5.41) is 5.33. The zero-order chi connectivity index (χ0) is 14.0. The highest BCUT2D eigenvalue weighted by atomic mass is 35.5. The predicted molar refractivity (Wildman–Crippen MR) is 81.4 cm³/mol. The van der Waals surface area contributed by atoms with Crippen molar-refractivity contribution in [3.8, 4) is 11.1 Å². The van der Waals surface area contributed by atoms with Gasteiger partial charge in [-0.2, -0.15) is 5.10 Å². The average molecular weight is 278 g/mol. The van der Waals surface area contributed by atoms with Crippen molar-refractivity contribution in [2.75, 3.05) is 5.73 Å². The predicted octanol–water partition coefficient (Wildman–Crippen LogP) is 4.23. The quantitative estimate of drug-likeness (QED) is 0.909. The number of halogens is 1. The Morgan fingerprint density at radius 3 is 2.58 bits per heavy atom. The number of nitrogens with zero attached hydrogens (tertiary/aromatic N) is 2. The van der Waals surface area contributed by atoms with E-state index in [4.69, 9.17) is 17.3 Å². The summed E-state index contributed by atoms with van der Waals surface area (Å²) in [6.45, 7) is 4.36. The van der Waals surface area contributed by atoms with Gasteiger partial charge in [-0.1, -0.05) is 37.6 Å². The molecule has 0 unspecified atom stereocenters. The average Bonchev–Trinajstić information content (AvgIpc) is 2.67. The maximum absolute atomic E-state index is 6.19. The molecule has 102 valence electrons. The molecule has 0 radical (unpaired) electrons. The molecule has 0 fully saturated rings. The smallest absolute Gasteiger partial charge is 0.129 e. The summed E-state index contributed by atoms with van der Waals surface area (Å²) >= 11 is 6.09. The molecular weight excluding hydrogens is 258 g/mol. The topological polar surface area (TPSA) is 43.8 Å². The second-order valence-corrected chi connectivity index (χ2v) is 5.23. The van der Waals surface area contributed by atoms with Crippen molar-refractivity contribution in [1.82, 2.24) is 9.78 Å². The number of hydrogen-bond donors (Lipinski definition) is 1. The zero-order valence-electron chi connectivity index (χ0n) is 11.7. The molecular formula is C15H20ClN3. The number of nitrogen functional groups attached to an aromatic ring is 1. The zero-order valence-corrected chi connectivity index (χ0v) is 12.4. The summed E-state index contributed by atoms with van der Waals surface area (Å²) < 4.78 is 1.75. The van der Waals surface area contributed by atoms with Gasteiger partial charge in [-0.25, -0.2) is 0 Å². The fraction of sp³-hybridized carbons (Fsp3) is 0.400. The molecule has 0 aliphatic rings. The number of anilines is 1. The molecule has 2 rings (SSSR count). The highest BCUT2D eigenvalue weighted by molar-refractivity contribution is 6.30. The van der Waals surface area contributed by atoms with Gasteiger partial charge in [0.1, 0.15) is 5.82 Å². The third kappa shape index (κ3) is 2.61. The van der Waals surface area contributed by atoms with Crippen LogP contribution in [0.3, 0.4) is 0 Å². The van der Waals surface area contributed by atoms with E-state index in [1.54, 1.807) is 4.68 Å². The first kappa shape index (κ1) is 13.9. The maximum atomic E-state index is 6.19. The Kier molecular flexibility index (Phi) is 4.15. The Hall–Kier alpha value is -1.48. The SMILES string of the molecule is CCC(CC)c1nn(C)c(N)c1-c1cccc(Cl)c1. The highest BCUT2D eigenvalue weighted by Gasteiger charge is 2.21. The molecule has 2 aromatic rings. The number of nitrogens with two attached hydrogens (primary N) is 1. The molecule has 0 aliphatic carbocycles. The number of rotatable bonds is 4. The number of hydrogen-bond acceptors (Lipinski definition) is 2. The molecule has 3 nitrogen and oxygen atoms in total. The van der Waals surface area contributed by atoms with Gasteiger partial charge in [0.2, 0.25) is 0 Å². The monoisotopic (exact) mass is 277 g/mol. The third-order valence-corrected chi connectivity index (χ3v) is 3.84. The van der Waals surface area contributed by atoms with Crippen LogP contribution in [0.4, 0.5) is 5.82 Å². The summed E-state index contributed by atoms with van der Waals surface area (Å²) in [5.41, 5.74) is 9.33. The van der Waals surface area contributed by atoms with Crippen molar-refractivity contribution >= 4 is 17.4 Å². The van der Waals surface area contributed by atoms with Crippen LogP contribution >= 0.6 is 11.6 Å². The first-order valence-electron chi connectivity index (χ1n) is 6.66. The highest BCUT2D eigenvalue weighted by Crippen LogP contribution is 2.36. The molecule has 0 bridgehead atoms. The third-order valence-electron chi connectivity index (χ3n) is 3.60. The Labute approximate surface area is 119 Å². The van der Waals surface area contributed by atoms with Crippen molar-refractivity contribution in [3.05, 3.63) is 35.0 Å². The lowest BCUT2D eigenvalue weighted by Gasteiger charge is -2.12. The second kappa shape index (κ2) is 5.66. The molecule has 0 saturated heterocycles. The van der Waals surface area contributed by atoms with Crippen molar-refractivity contribution < 1.29 is 0 Å². The van der Waals surface area contributed by atoms with Gasteiger partial charge in [0.05, 0.1) is 5.69 Å². The molecule has 19 heavy (non-hydrogen) atoms. The first-order chi connectivity index (χ1) is 9.08. The van der Waals surface area contributed by atoms with Crippen LogP contribution < -0.4 is 5.73 Å². The van der Waals surface area contributed by atoms with Crippen LogP contribution in [-0.4, -0.2) is 9.78 Å². The Bertz CT molecular complexity index is 571.